The molecule has 0 radical (unpaired) electrons. The molecule has 0 spiro atoms. The van der Waals surface area contributed by atoms with Gasteiger partial charge in [0, 0.05) is 22.7 Å². The number of carboxylic acids is 1. The smallest absolute Gasteiger partial charge is 0.326 e. The number of aliphatic carboxylic acids is 1. The first-order valence-corrected chi connectivity index (χ1v) is 15.2. The molecule has 0 aromatic heterocycles. The summed E-state index contributed by atoms with van der Waals surface area (Å²) in [6.45, 7) is 1.83. The van der Waals surface area contributed by atoms with E-state index in [0.717, 1.165) is 18.4 Å². The summed E-state index contributed by atoms with van der Waals surface area (Å²) in [6.07, 6.45) is -0.478. The van der Waals surface area contributed by atoms with Gasteiger partial charge < -0.3 is 14.7 Å². The lowest BCUT2D eigenvalue weighted by molar-refractivity contribution is -0.184. The van der Waals surface area contributed by atoms with Gasteiger partial charge in [0.05, 0.1) is 6.04 Å². The first kappa shape index (κ1) is 30.0. The van der Waals surface area contributed by atoms with Crippen molar-refractivity contribution in [2.75, 3.05) is 6.26 Å². The van der Waals surface area contributed by atoms with Crippen LogP contribution in [0.5, 0.6) is 0 Å². The molecule has 11 heteroatoms. The van der Waals surface area contributed by atoms with Gasteiger partial charge in [0.15, 0.2) is 9.84 Å². The number of halogens is 3. The van der Waals surface area contributed by atoms with Crippen LogP contribution in [0.1, 0.15) is 48.6 Å². The highest BCUT2D eigenvalue weighted by Crippen LogP contribution is 2.44. The predicted molar refractivity (Wildman–Crippen MR) is 150 cm³/mol. The molecular formula is C29H28Cl2FNO6S. The van der Waals surface area contributed by atoms with E-state index in [4.69, 9.17) is 27.9 Å². The Balaban J connectivity index is 1.84. The van der Waals surface area contributed by atoms with Crippen LogP contribution in [0, 0.1) is 5.82 Å². The van der Waals surface area contributed by atoms with Gasteiger partial charge in [0.1, 0.15) is 29.0 Å². The normalized spacial score (nSPS) is 20.4. The first-order valence-electron chi connectivity index (χ1n) is 12.6. The van der Waals surface area contributed by atoms with Gasteiger partial charge in [-0.2, -0.15) is 0 Å². The second kappa shape index (κ2) is 12.3. The number of morpholine rings is 1. The quantitative estimate of drug-likeness (QED) is 0.318. The molecule has 40 heavy (non-hydrogen) atoms. The van der Waals surface area contributed by atoms with Crippen molar-refractivity contribution in [1.29, 1.82) is 0 Å². The molecule has 4 atom stereocenters. The molecule has 1 amide bonds. The lowest BCUT2D eigenvalue weighted by Crippen LogP contribution is -2.57. The molecule has 1 N–H and O–H groups in total. The summed E-state index contributed by atoms with van der Waals surface area (Å²) in [5.74, 6) is -2.67. The van der Waals surface area contributed by atoms with Crippen LogP contribution in [-0.4, -0.2) is 48.7 Å². The fraction of sp³-hybridized carbons (Fsp3) is 0.310. The molecule has 0 bridgehead atoms. The van der Waals surface area contributed by atoms with Crippen LogP contribution in [0.4, 0.5) is 4.39 Å². The number of nitrogens with zero attached hydrogens (tertiary/aromatic N) is 1. The lowest BCUT2D eigenvalue weighted by Gasteiger charge is -2.47. The van der Waals surface area contributed by atoms with E-state index in [1.165, 1.54) is 11.0 Å². The zero-order chi connectivity index (χ0) is 29.2. The molecule has 1 saturated heterocycles. The SMILES string of the molecule is CCCC(C(=O)O)N1C(=O)[C@H](Cc2ccc(S(C)(=O)=O)c(F)c2)O[C@@H](c2ccc(Cl)cc2)[C@H]1c1ccc(Cl)cc1. The minimum absolute atomic E-state index is 0.105. The minimum Gasteiger partial charge on any atom is -0.480 e. The summed E-state index contributed by atoms with van der Waals surface area (Å²) >= 11 is 12.3. The highest BCUT2D eigenvalue weighted by molar-refractivity contribution is 7.90. The summed E-state index contributed by atoms with van der Waals surface area (Å²) in [5.41, 5.74) is 1.61. The average Bonchev–Trinajstić information content (AvgIpc) is 2.89. The monoisotopic (exact) mass is 607 g/mol. The molecule has 7 nitrogen and oxygen atoms in total. The van der Waals surface area contributed by atoms with Crippen LogP contribution in [0.2, 0.25) is 10.0 Å². The van der Waals surface area contributed by atoms with Gasteiger partial charge in [-0.25, -0.2) is 17.6 Å². The fourth-order valence-electron chi connectivity index (χ4n) is 4.99. The Hall–Kier alpha value is -2.98. The summed E-state index contributed by atoms with van der Waals surface area (Å²) in [7, 11) is -3.79. The van der Waals surface area contributed by atoms with Crippen LogP contribution in [-0.2, 0) is 30.6 Å². The molecule has 0 aliphatic carbocycles. The third kappa shape index (κ3) is 6.49. The van der Waals surface area contributed by atoms with Gasteiger partial charge in [-0.3, -0.25) is 4.79 Å². The summed E-state index contributed by atoms with van der Waals surface area (Å²) in [5, 5.41) is 11.2. The molecule has 3 aromatic carbocycles. The molecule has 3 aromatic rings. The van der Waals surface area contributed by atoms with E-state index >= 15 is 0 Å². The number of rotatable bonds is 9. The van der Waals surface area contributed by atoms with Crippen molar-refractivity contribution >= 4 is 44.9 Å². The number of benzene rings is 3. The van der Waals surface area contributed by atoms with Crippen LogP contribution in [0.25, 0.3) is 0 Å². The van der Waals surface area contributed by atoms with Gasteiger partial charge in [-0.1, -0.05) is 66.9 Å². The van der Waals surface area contributed by atoms with Gasteiger partial charge in [-0.15, -0.1) is 0 Å². The van der Waals surface area contributed by atoms with Gasteiger partial charge in [-0.05, 0) is 59.5 Å². The lowest BCUT2D eigenvalue weighted by atomic mass is 9.88. The van der Waals surface area contributed by atoms with Crippen LogP contribution in [0.15, 0.2) is 71.6 Å². The van der Waals surface area contributed by atoms with Crippen molar-refractivity contribution in [3.8, 4) is 0 Å². The van der Waals surface area contributed by atoms with Gasteiger partial charge >= 0.3 is 5.97 Å². The highest BCUT2D eigenvalue weighted by Gasteiger charge is 2.48. The molecule has 1 unspecified atom stereocenters. The van der Waals surface area contributed by atoms with Gasteiger partial charge in [0.2, 0.25) is 0 Å². The zero-order valence-corrected chi connectivity index (χ0v) is 24.1. The number of amides is 1. The van der Waals surface area contributed by atoms with Crippen molar-refractivity contribution < 1.29 is 32.2 Å². The number of carbonyl (C=O) groups is 2. The topological polar surface area (TPSA) is 101 Å². The van der Waals surface area contributed by atoms with E-state index in [0.29, 0.717) is 33.2 Å². The first-order chi connectivity index (χ1) is 18.9. The van der Waals surface area contributed by atoms with E-state index in [1.807, 2.05) is 6.92 Å². The Morgan fingerprint density at radius 3 is 2.10 bits per heavy atom. The van der Waals surface area contributed by atoms with Crippen molar-refractivity contribution in [2.24, 2.45) is 0 Å². The molecule has 1 aliphatic rings. The number of hydrogen-bond acceptors (Lipinski definition) is 5. The Labute approximate surface area is 242 Å². The van der Waals surface area contributed by atoms with E-state index in [-0.39, 0.29) is 12.8 Å². The fourth-order valence-corrected chi connectivity index (χ4v) is 5.97. The number of ether oxygens (including phenoxy) is 1. The van der Waals surface area contributed by atoms with Crippen LogP contribution in [0.3, 0.4) is 0 Å². The van der Waals surface area contributed by atoms with Crippen LogP contribution < -0.4 is 0 Å². The zero-order valence-electron chi connectivity index (χ0n) is 21.8. The average molecular weight is 609 g/mol. The maximum atomic E-state index is 14.7. The highest BCUT2D eigenvalue weighted by atomic mass is 35.5. The Bertz CT molecular complexity index is 1500. The van der Waals surface area contributed by atoms with E-state index in [1.54, 1.807) is 48.5 Å². The maximum Gasteiger partial charge on any atom is 0.326 e. The largest absolute Gasteiger partial charge is 0.480 e. The Morgan fingerprint density at radius 2 is 1.60 bits per heavy atom. The maximum absolute atomic E-state index is 14.7. The number of hydrogen-bond donors (Lipinski definition) is 1. The number of carbonyl (C=O) groups excluding carboxylic acids is 1. The molecule has 0 saturated carbocycles. The molecule has 1 heterocycles. The Morgan fingerprint density at radius 1 is 1.02 bits per heavy atom. The van der Waals surface area contributed by atoms with E-state index < -0.39 is 56.7 Å². The summed E-state index contributed by atoms with van der Waals surface area (Å²) < 4.78 is 44.8. The minimum atomic E-state index is -3.79. The third-order valence-electron chi connectivity index (χ3n) is 6.84. The number of sulfone groups is 1. The van der Waals surface area contributed by atoms with Gasteiger partial charge in [0.25, 0.3) is 5.91 Å². The summed E-state index contributed by atoms with van der Waals surface area (Å²) in [4.78, 5) is 27.5. The van der Waals surface area contributed by atoms with E-state index in [9.17, 15) is 27.5 Å². The molecule has 1 fully saturated rings. The molecule has 212 valence electrons. The summed E-state index contributed by atoms with van der Waals surface area (Å²) in [6, 6.07) is 15.3. The van der Waals surface area contributed by atoms with Crippen molar-refractivity contribution in [2.45, 2.75) is 55.4 Å². The molecule has 4 rings (SSSR count). The second-order valence-electron chi connectivity index (χ2n) is 9.72. The molecular weight excluding hydrogens is 580 g/mol. The van der Waals surface area contributed by atoms with Crippen LogP contribution >= 0.6 is 23.2 Å². The van der Waals surface area contributed by atoms with Crippen molar-refractivity contribution in [3.63, 3.8) is 0 Å². The number of carboxylic acid groups (broad SMARTS) is 1. The van der Waals surface area contributed by atoms with E-state index in [2.05, 4.69) is 0 Å². The predicted octanol–water partition coefficient (Wildman–Crippen LogP) is 6.04. The molecule has 1 aliphatic heterocycles. The van der Waals surface area contributed by atoms with Crippen molar-refractivity contribution in [1.82, 2.24) is 4.90 Å². The third-order valence-corrected chi connectivity index (χ3v) is 8.47. The second-order valence-corrected chi connectivity index (χ2v) is 12.6. The Kier molecular flexibility index (Phi) is 9.19. The van der Waals surface area contributed by atoms with Crippen molar-refractivity contribution in [3.05, 3.63) is 99.3 Å². The standard InChI is InChI=1S/C29H28Cl2FNO6S/c1-3-4-23(29(35)36)33-26(18-6-10-20(30)11-7-18)27(19-8-12-21(31)13-9-19)39-24(28(33)34)16-17-5-14-25(22(32)15-17)40(2,37)38/h5-15,23-24,26-27H,3-4,16H2,1-2H3,(H,35,36)/t23?,24-,26+,27-/m0/s1.